The second kappa shape index (κ2) is 7.41. The van der Waals surface area contributed by atoms with Crippen LogP contribution in [0.3, 0.4) is 0 Å². The molecule has 1 aromatic carbocycles. The molecule has 8 heteroatoms. The molecule has 3 aromatic heterocycles. The number of aryl methyl sites for hydroxylation is 1. The highest BCUT2D eigenvalue weighted by Crippen LogP contribution is 2.36. The van der Waals surface area contributed by atoms with Gasteiger partial charge in [0.25, 0.3) is 0 Å². The first-order chi connectivity index (χ1) is 15.2. The number of fused-ring (bicyclic) bond motifs is 2. The van der Waals surface area contributed by atoms with Crippen molar-refractivity contribution >= 4 is 27.8 Å². The predicted octanol–water partition coefficient (Wildman–Crippen LogP) is 4.00. The number of pyridine rings is 2. The fraction of sp³-hybridized carbons (Fsp3) is 0.375. The van der Waals surface area contributed by atoms with E-state index in [9.17, 15) is 9.50 Å². The van der Waals surface area contributed by atoms with Crippen molar-refractivity contribution in [3.8, 4) is 17.0 Å². The highest BCUT2D eigenvalue weighted by molar-refractivity contribution is 5.89. The third-order valence-corrected chi connectivity index (χ3v) is 5.78. The topological polar surface area (TPSA) is 79.1 Å². The first-order valence-corrected chi connectivity index (χ1v) is 10.8. The van der Waals surface area contributed by atoms with E-state index in [1.165, 1.54) is 4.68 Å². The normalized spacial score (nSPS) is 17.0. The molecule has 7 nitrogen and oxygen atoms in total. The lowest BCUT2D eigenvalue weighted by Gasteiger charge is -2.26. The lowest BCUT2D eigenvalue weighted by atomic mass is 10.1. The van der Waals surface area contributed by atoms with Gasteiger partial charge in [-0.3, -0.25) is 4.68 Å². The maximum absolute atomic E-state index is 14.7. The zero-order valence-electron chi connectivity index (χ0n) is 18.7. The van der Waals surface area contributed by atoms with E-state index < -0.39 is 11.6 Å². The maximum atomic E-state index is 14.7. The Kier molecular flexibility index (Phi) is 4.78. The zero-order chi connectivity index (χ0) is 22.6. The average molecular weight is 435 g/mol. The molecule has 5 rings (SSSR count). The van der Waals surface area contributed by atoms with Gasteiger partial charge >= 0.3 is 0 Å². The van der Waals surface area contributed by atoms with Crippen molar-refractivity contribution in [3.05, 3.63) is 42.3 Å². The number of halogens is 1. The molecule has 1 fully saturated rings. The van der Waals surface area contributed by atoms with Crippen LogP contribution in [0.1, 0.15) is 27.2 Å². The van der Waals surface area contributed by atoms with Crippen molar-refractivity contribution in [2.24, 2.45) is 7.05 Å². The Labute approximate surface area is 185 Å². The lowest BCUT2D eigenvalue weighted by molar-refractivity contribution is 0.373. The molecule has 0 spiro atoms. The predicted molar refractivity (Wildman–Crippen MR) is 124 cm³/mol. The van der Waals surface area contributed by atoms with Crippen molar-refractivity contribution in [2.75, 3.05) is 18.0 Å². The molecule has 1 atom stereocenters. The van der Waals surface area contributed by atoms with Gasteiger partial charge in [0.2, 0.25) is 0 Å². The largest absolute Gasteiger partial charge is 0.504 e. The van der Waals surface area contributed by atoms with Crippen LogP contribution < -0.4 is 10.2 Å². The molecule has 1 aliphatic heterocycles. The summed E-state index contributed by atoms with van der Waals surface area (Å²) in [6.07, 6.45) is 2.80. The molecule has 0 radical (unpaired) electrons. The molecule has 1 aliphatic rings. The molecule has 0 saturated carbocycles. The number of phenols is 1. The number of rotatable bonds is 3. The fourth-order valence-corrected chi connectivity index (χ4v) is 4.46. The minimum absolute atomic E-state index is 0.0850. The van der Waals surface area contributed by atoms with Crippen molar-refractivity contribution in [2.45, 2.75) is 38.8 Å². The second-order valence-corrected chi connectivity index (χ2v) is 9.56. The monoisotopic (exact) mass is 434 g/mol. The molecule has 0 aliphatic carbocycles. The van der Waals surface area contributed by atoms with Crippen molar-refractivity contribution in [1.82, 2.24) is 25.1 Å². The molecule has 2 N–H and O–H groups in total. The number of nitrogens with zero attached hydrogens (tertiary/aromatic N) is 5. The highest BCUT2D eigenvalue weighted by Gasteiger charge is 2.26. The van der Waals surface area contributed by atoms with E-state index in [0.29, 0.717) is 28.2 Å². The minimum atomic E-state index is -0.735. The lowest BCUT2D eigenvalue weighted by Crippen LogP contribution is -2.44. The second-order valence-electron chi connectivity index (χ2n) is 9.56. The number of aromatic nitrogens is 4. The van der Waals surface area contributed by atoms with E-state index in [1.54, 1.807) is 25.4 Å². The fourth-order valence-electron chi connectivity index (χ4n) is 4.46. The van der Waals surface area contributed by atoms with Gasteiger partial charge in [-0.15, -0.1) is 0 Å². The number of hydrogen-bond acceptors (Lipinski definition) is 6. The minimum Gasteiger partial charge on any atom is -0.504 e. The number of aromatic hydroxyl groups is 1. The van der Waals surface area contributed by atoms with E-state index in [0.717, 1.165) is 30.8 Å². The SMILES string of the molecule is Cn1cc2cc(-c3ccc4nc(N5CCC(NC(C)(C)C)C5)ccc4n3)c(O)c(F)c2n1. The average Bonchev–Trinajstić information content (AvgIpc) is 3.34. The van der Waals surface area contributed by atoms with E-state index in [2.05, 4.69) is 41.1 Å². The van der Waals surface area contributed by atoms with Crippen molar-refractivity contribution in [3.63, 3.8) is 0 Å². The van der Waals surface area contributed by atoms with Crippen LogP contribution in [0.2, 0.25) is 0 Å². The van der Waals surface area contributed by atoms with Crippen LogP contribution in [0.25, 0.3) is 33.2 Å². The zero-order valence-corrected chi connectivity index (χ0v) is 18.7. The van der Waals surface area contributed by atoms with Gasteiger partial charge in [0.05, 0.1) is 16.7 Å². The number of benzene rings is 1. The molecule has 0 bridgehead atoms. The van der Waals surface area contributed by atoms with Crippen LogP contribution in [0, 0.1) is 5.82 Å². The summed E-state index contributed by atoms with van der Waals surface area (Å²) >= 11 is 0. The summed E-state index contributed by atoms with van der Waals surface area (Å²) in [6, 6.07) is 9.69. The van der Waals surface area contributed by atoms with Crippen molar-refractivity contribution in [1.29, 1.82) is 0 Å². The Morgan fingerprint density at radius 1 is 1.12 bits per heavy atom. The number of nitrogens with one attached hydrogen (secondary N) is 1. The third-order valence-electron chi connectivity index (χ3n) is 5.78. The maximum Gasteiger partial charge on any atom is 0.193 e. The first kappa shape index (κ1) is 20.6. The van der Waals surface area contributed by atoms with Crippen molar-refractivity contribution < 1.29 is 9.50 Å². The van der Waals surface area contributed by atoms with E-state index >= 15 is 0 Å². The van der Waals surface area contributed by atoms with Gasteiger partial charge in [0, 0.05) is 48.9 Å². The third kappa shape index (κ3) is 3.75. The number of phenolic OH excluding ortho intramolecular Hbond substituents is 1. The van der Waals surface area contributed by atoms with Crippen LogP contribution in [-0.2, 0) is 7.05 Å². The van der Waals surface area contributed by atoms with E-state index in [1.807, 2.05) is 18.2 Å². The summed E-state index contributed by atoms with van der Waals surface area (Å²) in [5.74, 6) is -0.251. The Morgan fingerprint density at radius 2 is 1.88 bits per heavy atom. The molecular weight excluding hydrogens is 407 g/mol. The van der Waals surface area contributed by atoms with Gasteiger partial charge in [0.1, 0.15) is 11.3 Å². The van der Waals surface area contributed by atoms with Crippen LogP contribution >= 0.6 is 0 Å². The van der Waals surface area contributed by atoms with Gasteiger partial charge in [-0.2, -0.15) is 5.10 Å². The summed E-state index contributed by atoms with van der Waals surface area (Å²) in [6.45, 7) is 8.42. The summed E-state index contributed by atoms with van der Waals surface area (Å²) in [5, 5.41) is 18.8. The van der Waals surface area contributed by atoms with Gasteiger partial charge < -0.3 is 15.3 Å². The summed E-state index contributed by atoms with van der Waals surface area (Å²) in [7, 11) is 1.72. The van der Waals surface area contributed by atoms with Crippen LogP contribution in [-0.4, -0.2) is 49.5 Å². The molecule has 0 amide bonds. The molecule has 1 saturated heterocycles. The summed E-state index contributed by atoms with van der Waals surface area (Å²) in [4.78, 5) is 11.7. The van der Waals surface area contributed by atoms with Gasteiger partial charge in [-0.1, -0.05) is 0 Å². The Balaban J connectivity index is 1.45. The Hall–Kier alpha value is -3.26. The summed E-state index contributed by atoms with van der Waals surface area (Å²) in [5.41, 5.74) is 2.52. The van der Waals surface area contributed by atoms with Gasteiger partial charge in [-0.25, -0.2) is 14.4 Å². The standard InChI is InChI=1S/C24H27FN6O/c1-24(2,3)28-15-9-10-31(13-15)20-8-7-18-19(27-20)6-5-17(26-18)16-11-14-12-30(4)29-22(14)21(25)23(16)32/h5-8,11-12,15,28,32H,9-10,13H2,1-4H3. The Morgan fingerprint density at radius 3 is 2.66 bits per heavy atom. The molecular formula is C24H27FN6O. The van der Waals surface area contributed by atoms with Crippen LogP contribution in [0.15, 0.2) is 36.5 Å². The number of hydrogen-bond donors (Lipinski definition) is 2. The molecule has 4 heterocycles. The molecule has 32 heavy (non-hydrogen) atoms. The van der Waals surface area contributed by atoms with Crippen LogP contribution in [0.4, 0.5) is 10.2 Å². The molecule has 166 valence electrons. The summed E-state index contributed by atoms with van der Waals surface area (Å²) < 4.78 is 16.2. The highest BCUT2D eigenvalue weighted by atomic mass is 19.1. The first-order valence-electron chi connectivity index (χ1n) is 10.8. The number of anilines is 1. The van der Waals surface area contributed by atoms with E-state index in [4.69, 9.17) is 4.98 Å². The van der Waals surface area contributed by atoms with E-state index in [-0.39, 0.29) is 11.1 Å². The smallest absolute Gasteiger partial charge is 0.193 e. The van der Waals surface area contributed by atoms with Gasteiger partial charge in [-0.05, 0) is 57.5 Å². The quantitative estimate of drug-likeness (QED) is 0.508. The Bertz CT molecular complexity index is 1330. The molecule has 4 aromatic rings. The van der Waals surface area contributed by atoms with Crippen LogP contribution in [0.5, 0.6) is 5.75 Å². The van der Waals surface area contributed by atoms with Gasteiger partial charge in [0.15, 0.2) is 11.6 Å². The molecule has 1 unspecified atom stereocenters.